The number of fused-ring (bicyclic) bond motifs is 1. The largest absolute Gasteiger partial charge is 0.383 e. The first-order valence-corrected chi connectivity index (χ1v) is 12.2. The van der Waals surface area contributed by atoms with Crippen molar-refractivity contribution >= 4 is 26.6 Å². The van der Waals surface area contributed by atoms with E-state index < -0.39 is 38.7 Å². The summed E-state index contributed by atoms with van der Waals surface area (Å²) in [4.78, 5) is 12.4. The first-order chi connectivity index (χ1) is 15.3. The fourth-order valence-corrected chi connectivity index (χ4v) is 4.35. The predicted molar refractivity (Wildman–Crippen MR) is 116 cm³/mol. The van der Waals surface area contributed by atoms with E-state index in [0.717, 1.165) is 19.2 Å². The third-order valence-corrected chi connectivity index (χ3v) is 6.90. The molecule has 33 heavy (non-hydrogen) atoms. The number of aromatic nitrogens is 3. The number of sulfone groups is 1. The van der Waals surface area contributed by atoms with Crippen LogP contribution in [0.5, 0.6) is 0 Å². The molecule has 11 heteroatoms. The number of hydrogen-bond acceptors (Lipinski definition) is 7. The van der Waals surface area contributed by atoms with Crippen LogP contribution in [0.3, 0.4) is 0 Å². The van der Waals surface area contributed by atoms with Gasteiger partial charge in [-0.2, -0.15) is 8.78 Å². The van der Waals surface area contributed by atoms with Gasteiger partial charge < -0.3 is 10.4 Å². The Labute approximate surface area is 189 Å². The summed E-state index contributed by atoms with van der Waals surface area (Å²) in [6.07, 6.45) is 3.25. The van der Waals surface area contributed by atoms with Gasteiger partial charge in [0.15, 0.2) is 14.9 Å². The van der Waals surface area contributed by atoms with Crippen molar-refractivity contribution < 1.29 is 26.7 Å². The lowest BCUT2D eigenvalue weighted by Gasteiger charge is -2.33. The number of benzene rings is 1. The Morgan fingerprint density at radius 2 is 1.94 bits per heavy atom. The molecule has 4 rings (SSSR count). The Balaban J connectivity index is 1.68. The Hall–Kier alpha value is -2.79. The summed E-state index contributed by atoms with van der Waals surface area (Å²) in [6.45, 7) is 2.46. The molecule has 1 aliphatic rings. The fourth-order valence-electron chi connectivity index (χ4n) is 3.78. The second-order valence-corrected chi connectivity index (χ2v) is 10.5. The quantitative estimate of drug-likeness (QED) is 0.531. The van der Waals surface area contributed by atoms with Crippen molar-refractivity contribution in [2.45, 2.75) is 49.8 Å². The zero-order chi connectivity index (χ0) is 24.2. The van der Waals surface area contributed by atoms with E-state index in [9.17, 15) is 13.5 Å². The lowest BCUT2D eigenvalue weighted by atomic mass is 9.86. The summed E-state index contributed by atoms with van der Waals surface area (Å²) in [5.74, 6) is -4.90. The van der Waals surface area contributed by atoms with Crippen LogP contribution in [0.1, 0.15) is 36.7 Å². The van der Waals surface area contributed by atoms with E-state index in [1.807, 2.05) is 0 Å². The molecule has 2 heterocycles. The second-order valence-electron chi connectivity index (χ2n) is 8.56. The summed E-state index contributed by atoms with van der Waals surface area (Å²) in [5.41, 5.74) is -2.90. The topological polar surface area (TPSA) is 105 Å². The maximum atomic E-state index is 15.1. The maximum absolute atomic E-state index is 15.1. The van der Waals surface area contributed by atoms with Gasteiger partial charge in [-0.25, -0.2) is 27.8 Å². The monoisotopic (exact) mass is 480 g/mol. The number of halogens is 3. The molecule has 0 saturated heterocycles. The van der Waals surface area contributed by atoms with Crippen molar-refractivity contribution in [1.82, 2.24) is 15.0 Å². The number of nitrogens with one attached hydrogen (secondary N) is 1. The number of aryl methyl sites for hydroxylation is 1. The van der Waals surface area contributed by atoms with Gasteiger partial charge in [-0.1, -0.05) is 12.1 Å². The number of hydrogen-bond donors (Lipinski definition) is 2. The summed E-state index contributed by atoms with van der Waals surface area (Å²) in [7, 11) is -3.59. The molecule has 176 valence electrons. The van der Waals surface area contributed by atoms with Crippen molar-refractivity contribution in [2.75, 3.05) is 11.6 Å². The van der Waals surface area contributed by atoms with E-state index in [2.05, 4.69) is 20.3 Å². The molecule has 0 radical (unpaired) electrons. The highest BCUT2D eigenvalue weighted by Crippen LogP contribution is 2.52. The fraction of sp³-hybridized carbons (Fsp3) is 0.409. The normalized spacial score (nSPS) is 16.6. The minimum absolute atomic E-state index is 0.0550. The molecule has 1 unspecified atom stereocenters. The smallest absolute Gasteiger partial charge is 0.304 e. The SMILES string of the molecule is Cc1nc(NCc2cccc(C(F)(F)C(C)(O)C3CC3)c2F)c2cc(S(C)(=O)=O)ncc2n1. The molecule has 0 amide bonds. The number of alkyl halides is 2. The van der Waals surface area contributed by atoms with Crippen LogP contribution in [0.2, 0.25) is 0 Å². The van der Waals surface area contributed by atoms with Gasteiger partial charge in [-0.3, -0.25) is 0 Å². The summed E-state index contributed by atoms with van der Waals surface area (Å²) in [5, 5.41) is 13.5. The van der Waals surface area contributed by atoms with Crippen LogP contribution < -0.4 is 5.32 Å². The molecule has 2 aromatic heterocycles. The third-order valence-electron chi connectivity index (χ3n) is 5.92. The van der Waals surface area contributed by atoms with Gasteiger partial charge in [0.1, 0.15) is 23.1 Å². The van der Waals surface area contributed by atoms with Gasteiger partial charge in [-0.05, 0) is 44.7 Å². The van der Waals surface area contributed by atoms with Crippen molar-refractivity contribution in [3.8, 4) is 0 Å². The Morgan fingerprint density at radius 1 is 1.24 bits per heavy atom. The van der Waals surface area contributed by atoms with Crippen LogP contribution in [-0.2, 0) is 22.3 Å². The van der Waals surface area contributed by atoms with Gasteiger partial charge in [0.2, 0.25) is 0 Å². The Kier molecular flexibility index (Phi) is 5.60. The average molecular weight is 481 g/mol. The van der Waals surface area contributed by atoms with Crippen molar-refractivity contribution in [3.05, 3.63) is 53.2 Å². The third kappa shape index (κ3) is 4.26. The van der Waals surface area contributed by atoms with E-state index in [4.69, 9.17) is 0 Å². The van der Waals surface area contributed by atoms with Crippen molar-refractivity contribution in [3.63, 3.8) is 0 Å². The van der Waals surface area contributed by atoms with Gasteiger partial charge in [0.25, 0.3) is 0 Å². The molecule has 0 aliphatic heterocycles. The lowest BCUT2D eigenvalue weighted by molar-refractivity contribution is -0.191. The molecule has 0 spiro atoms. The van der Waals surface area contributed by atoms with Crippen LogP contribution in [0, 0.1) is 18.7 Å². The zero-order valence-corrected chi connectivity index (χ0v) is 19.0. The van der Waals surface area contributed by atoms with Gasteiger partial charge in [0, 0.05) is 23.8 Å². The van der Waals surface area contributed by atoms with E-state index in [1.54, 1.807) is 6.92 Å². The summed E-state index contributed by atoms with van der Waals surface area (Å²) < 4.78 is 69.0. The number of pyridine rings is 1. The highest BCUT2D eigenvalue weighted by Gasteiger charge is 2.59. The Bertz CT molecular complexity index is 1340. The van der Waals surface area contributed by atoms with Crippen molar-refractivity contribution in [2.24, 2.45) is 5.92 Å². The first-order valence-electron chi connectivity index (χ1n) is 10.3. The van der Waals surface area contributed by atoms with E-state index in [1.165, 1.54) is 24.4 Å². The molecular weight excluding hydrogens is 457 g/mol. The molecule has 3 aromatic rings. The van der Waals surface area contributed by atoms with Crippen LogP contribution in [0.4, 0.5) is 19.0 Å². The average Bonchev–Trinajstić information content (AvgIpc) is 3.57. The maximum Gasteiger partial charge on any atom is 0.304 e. The van der Waals surface area contributed by atoms with Crippen LogP contribution in [-0.4, -0.2) is 40.3 Å². The molecule has 1 aliphatic carbocycles. The number of nitrogens with zero attached hydrogens (tertiary/aromatic N) is 3. The molecule has 1 fully saturated rings. The number of anilines is 1. The predicted octanol–water partition coefficient (Wildman–Crippen LogP) is 3.74. The van der Waals surface area contributed by atoms with E-state index in [-0.39, 0.29) is 23.0 Å². The van der Waals surface area contributed by atoms with E-state index >= 15 is 13.2 Å². The molecule has 1 aromatic carbocycles. The standard InChI is InChI=1S/C22H23F3N4O3S/c1-12-28-17-11-26-18(33(3,31)32)9-15(17)20(29-12)27-10-13-5-4-6-16(19(13)23)22(24,25)21(2,30)14-7-8-14/h4-6,9,11,14,30H,7-8,10H2,1-3H3,(H,27,28,29). The van der Waals surface area contributed by atoms with Crippen LogP contribution in [0.25, 0.3) is 10.9 Å². The van der Waals surface area contributed by atoms with E-state index in [0.29, 0.717) is 29.6 Å². The van der Waals surface area contributed by atoms with Crippen molar-refractivity contribution in [1.29, 1.82) is 0 Å². The second kappa shape index (κ2) is 7.91. The summed E-state index contributed by atoms with van der Waals surface area (Å²) >= 11 is 0. The number of aliphatic hydroxyl groups is 1. The lowest BCUT2D eigenvalue weighted by Crippen LogP contribution is -2.45. The molecule has 7 nitrogen and oxygen atoms in total. The van der Waals surface area contributed by atoms with Crippen LogP contribution >= 0.6 is 0 Å². The zero-order valence-electron chi connectivity index (χ0n) is 18.2. The minimum Gasteiger partial charge on any atom is -0.383 e. The molecule has 1 atom stereocenters. The highest BCUT2D eigenvalue weighted by atomic mass is 32.2. The summed E-state index contributed by atoms with van der Waals surface area (Å²) in [6, 6.07) is 4.94. The number of rotatable bonds is 7. The van der Waals surface area contributed by atoms with Gasteiger partial charge in [-0.15, -0.1) is 0 Å². The van der Waals surface area contributed by atoms with Gasteiger partial charge >= 0.3 is 5.92 Å². The molecular formula is C22H23F3N4O3S. The van der Waals surface area contributed by atoms with Crippen LogP contribution in [0.15, 0.2) is 35.5 Å². The molecule has 0 bridgehead atoms. The molecule has 1 saturated carbocycles. The minimum atomic E-state index is -3.78. The first kappa shape index (κ1) is 23.4. The Morgan fingerprint density at radius 3 is 2.58 bits per heavy atom. The van der Waals surface area contributed by atoms with Gasteiger partial charge in [0.05, 0.1) is 17.3 Å². The highest BCUT2D eigenvalue weighted by molar-refractivity contribution is 7.90. The molecule has 2 N–H and O–H groups in total.